The molecule has 22 heteroatoms. The molecule has 3 aromatic rings. The zero-order valence-electron chi connectivity index (χ0n) is 26.4. The van der Waals surface area contributed by atoms with Crippen LogP contribution in [0.3, 0.4) is 0 Å². The van der Waals surface area contributed by atoms with Crippen LogP contribution in [0.1, 0.15) is 27.5 Å². The summed E-state index contributed by atoms with van der Waals surface area (Å²) in [4.78, 5) is 82.0. The van der Waals surface area contributed by atoms with E-state index in [1.54, 1.807) is 12.1 Å². The molecule has 2 aliphatic rings. The van der Waals surface area contributed by atoms with Crippen LogP contribution in [0, 0.1) is 11.6 Å². The Balaban J connectivity index is 1.29. The van der Waals surface area contributed by atoms with Crippen molar-refractivity contribution in [3.05, 3.63) is 76.1 Å². The number of hydrogen-bond acceptors (Lipinski definition) is 11. The fourth-order valence-electron chi connectivity index (χ4n) is 5.34. The standard InChI is InChI=1S/C30H27BClF2N7O11/c32-20-15(12-17(34)22(42)23(20)43)21(25(44)38-18-11-13-1-2-16(33)19(28(47)48)24(13)52-31(18)51)39-30(50)41-10-9-40(26(45)27(41)46)8-7-36-29(49)37-14-3-5-35-6-4-14/h1-6,12,18,21,42-43,51H,7-11H2,(H,38,44)(H,39,50)(H,47,48)(H2,35,36,37,49). The highest BCUT2D eigenvalue weighted by molar-refractivity contribution is 6.47. The third-order valence-electron chi connectivity index (χ3n) is 7.95. The summed E-state index contributed by atoms with van der Waals surface area (Å²) in [7, 11) is -1.98. The average Bonchev–Trinajstić information content (AvgIpc) is 3.10. The van der Waals surface area contributed by atoms with Crippen LogP contribution in [0.15, 0.2) is 42.7 Å². The zero-order chi connectivity index (χ0) is 37.9. The van der Waals surface area contributed by atoms with Crippen molar-refractivity contribution < 1.29 is 62.5 Å². The van der Waals surface area contributed by atoms with E-state index in [1.165, 1.54) is 12.4 Å². The Morgan fingerprint density at radius 3 is 2.44 bits per heavy atom. The molecule has 5 rings (SSSR count). The smallest absolute Gasteiger partial charge is 0.534 e. The number of aromatic nitrogens is 1. The van der Waals surface area contributed by atoms with Crippen molar-refractivity contribution >= 4 is 60.2 Å². The first-order valence-electron chi connectivity index (χ1n) is 15.1. The summed E-state index contributed by atoms with van der Waals surface area (Å²) < 4.78 is 34.0. The summed E-state index contributed by atoms with van der Waals surface area (Å²) in [5.41, 5.74) is -0.976. The predicted octanol–water partition coefficient (Wildman–Crippen LogP) is 0.505. The third kappa shape index (κ3) is 7.74. The average molecular weight is 746 g/mol. The molecule has 272 valence electrons. The van der Waals surface area contributed by atoms with Gasteiger partial charge in [0.05, 0.1) is 11.0 Å². The number of carbonyl (C=O) groups excluding carboxylic acids is 5. The highest BCUT2D eigenvalue weighted by Crippen LogP contribution is 2.40. The summed E-state index contributed by atoms with van der Waals surface area (Å²) in [6.07, 6.45) is 2.59. The number of pyridine rings is 1. The molecule has 8 N–H and O–H groups in total. The molecule has 2 aromatic carbocycles. The number of aromatic carboxylic acids is 1. The topological polar surface area (TPSA) is 260 Å². The Bertz CT molecular complexity index is 1960. The normalized spacial score (nSPS) is 16.0. The second kappa shape index (κ2) is 15.4. The number of phenolic OH excluding ortho intramolecular Hbond substituents is 2. The van der Waals surface area contributed by atoms with Crippen molar-refractivity contribution in [3.8, 4) is 17.2 Å². The molecule has 2 unspecified atom stereocenters. The monoisotopic (exact) mass is 745 g/mol. The number of benzene rings is 2. The summed E-state index contributed by atoms with van der Waals surface area (Å²) in [6.45, 7) is -0.786. The summed E-state index contributed by atoms with van der Waals surface area (Å²) >= 11 is 6.11. The van der Waals surface area contributed by atoms with Gasteiger partial charge in [0.25, 0.3) is 0 Å². The van der Waals surface area contributed by atoms with Gasteiger partial charge < -0.3 is 51.2 Å². The lowest BCUT2D eigenvalue weighted by Crippen LogP contribution is -2.60. The van der Waals surface area contributed by atoms with E-state index in [0.29, 0.717) is 16.7 Å². The number of carboxylic acids is 1. The number of carbonyl (C=O) groups is 6. The van der Waals surface area contributed by atoms with Crippen molar-refractivity contribution in [1.29, 1.82) is 0 Å². The Kier molecular flexibility index (Phi) is 10.9. The number of nitrogens with zero attached hydrogens (tertiary/aromatic N) is 3. The number of phenols is 2. The van der Waals surface area contributed by atoms with Gasteiger partial charge in [0, 0.05) is 49.8 Å². The summed E-state index contributed by atoms with van der Waals surface area (Å²) in [5.74, 6) is -12.4. The second-order valence-electron chi connectivity index (χ2n) is 11.3. The van der Waals surface area contributed by atoms with Crippen LogP contribution in [0.4, 0.5) is 24.1 Å². The molecular weight excluding hydrogens is 719 g/mol. The molecule has 2 aliphatic heterocycles. The number of carboxylic acid groups (broad SMARTS) is 1. The Hall–Kier alpha value is -6.22. The largest absolute Gasteiger partial charge is 0.547 e. The van der Waals surface area contributed by atoms with Crippen molar-refractivity contribution in [2.45, 2.75) is 18.4 Å². The van der Waals surface area contributed by atoms with E-state index < -0.39 is 106 Å². The van der Waals surface area contributed by atoms with Gasteiger partial charge in [-0.05, 0) is 36.2 Å². The zero-order valence-corrected chi connectivity index (χ0v) is 27.2. The SMILES string of the molecule is O=C(NCCN1CCN(C(=O)NC(C(=O)NC2Cc3ccc(F)c(C(=O)O)c3OB2O)c2cc(F)c(O)c(O)c2Cl)C(=O)C1=O)Nc1ccncc1. The minimum absolute atomic E-state index is 0.0629. The molecule has 1 aromatic heterocycles. The minimum Gasteiger partial charge on any atom is -0.534 e. The van der Waals surface area contributed by atoms with Gasteiger partial charge in [-0.25, -0.2) is 23.2 Å². The number of anilines is 1. The van der Waals surface area contributed by atoms with E-state index in [-0.39, 0.29) is 31.6 Å². The van der Waals surface area contributed by atoms with Gasteiger partial charge in [0.15, 0.2) is 17.3 Å². The number of rotatable bonds is 9. The van der Waals surface area contributed by atoms with Crippen molar-refractivity contribution in [2.75, 3.05) is 31.5 Å². The molecule has 1 saturated heterocycles. The second-order valence-corrected chi connectivity index (χ2v) is 11.6. The van der Waals surface area contributed by atoms with Crippen LogP contribution in [0.5, 0.6) is 17.2 Å². The first-order valence-corrected chi connectivity index (χ1v) is 15.5. The molecule has 2 atom stereocenters. The number of urea groups is 2. The van der Waals surface area contributed by atoms with E-state index in [1.807, 2.05) is 0 Å². The highest BCUT2D eigenvalue weighted by Gasteiger charge is 2.42. The van der Waals surface area contributed by atoms with Gasteiger partial charge in [0.1, 0.15) is 23.2 Å². The number of nitrogens with one attached hydrogen (secondary N) is 4. The van der Waals surface area contributed by atoms with Gasteiger partial charge in [-0.15, -0.1) is 0 Å². The van der Waals surface area contributed by atoms with Crippen molar-refractivity contribution in [3.63, 3.8) is 0 Å². The van der Waals surface area contributed by atoms with Crippen LogP contribution >= 0.6 is 11.6 Å². The van der Waals surface area contributed by atoms with Gasteiger partial charge in [-0.1, -0.05) is 17.7 Å². The fourth-order valence-corrected chi connectivity index (χ4v) is 5.59. The molecule has 3 heterocycles. The molecule has 0 aliphatic carbocycles. The summed E-state index contributed by atoms with van der Waals surface area (Å²) in [5, 5.41) is 48.7. The number of piperazine rings is 1. The first-order chi connectivity index (χ1) is 24.7. The van der Waals surface area contributed by atoms with Crippen LogP contribution < -0.4 is 25.9 Å². The van der Waals surface area contributed by atoms with E-state index in [4.69, 9.17) is 16.3 Å². The molecule has 0 spiro atoms. The molecular formula is C30H27BClF2N7O11. The lowest BCUT2D eigenvalue weighted by atomic mass is 9.72. The number of halogens is 3. The molecule has 7 amide bonds. The lowest BCUT2D eigenvalue weighted by molar-refractivity contribution is -0.153. The quantitative estimate of drug-likeness (QED) is 0.0847. The van der Waals surface area contributed by atoms with Gasteiger partial charge in [-0.2, -0.15) is 0 Å². The molecule has 1 fully saturated rings. The maximum Gasteiger partial charge on any atom is 0.547 e. The van der Waals surface area contributed by atoms with Gasteiger partial charge in [-0.3, -0.25) is 24.3 Å². The van der Waals surface area contributed by atoms with Crippen molar-refractivity contribution in [2.24, 2.45) is 0 Å². The molecule has 0 radical (unpaired) electrons. The molecule has 0 saturated carbocycles. The van der Waals surface area contributed by atoms with E-state index in [9.17, 15) is 57.9 Å². The number of imide groups is 1. The third-order valence-corrected chi connectivity index (χ3v) is 8.34. The minimum atomic E-state index is -2.07. The van der Waals surface area contributed by atoms with Crippen LogP contribution in [-0.4, -0.2) is 110 Å². The Labute approximate surface area is 296 Å². The van der Waals surface area contributed by atoms with E-state index in [2.05, 4.69) is 26.3 Å². The van der Waals surface area contributed by atoms with Crippen LogP contribution in [0.25, 0.3) is 0 Å². The number of fused-ring (bicyclic) bond motifs is 1. The predicted molar refractivity (Wildman–Crippen MR) is 173 cm³/mol. The van der Waals surface area contributed by atoms with Gasteiger partial charge >= 0.3 is 37.0 Å². The maximum atomic E-state index is 14.6. The Morgan fingerprint density at radius 2 is 1.75 bits per heavy atom. The number of amides is 7. The highest BCUT2D eigenvalue weighted by atomic mass is 35.5. The summed E-state index contributed by atoms with van der Waals surface area (Å²) in [6, 6.07) is 1.58. The van der Waals surface area contributed by atoms with E-state index >= 15 is 0 Å². The van der Waals surface area contributed by atoms with Crippen LogP contribution in [-0.2, 0) is 20.8 Å². The molecule has 0 bridgehead atoms. The number of hydrogen-bond donors (Lipinski definition) is 8. The van der Waals surface area contributed by atoms with Crippen molar-refractivity contribution in [1.82, 2.24) is 30.7 Å². The first kappa shape index (κ1) is 37.1. The number of aromatic hydroxyl groups is 2. The Morgan fingerprint density at radius 1 is 1.04 bits per heavy atom. The molecule has 52 heavy (non-hydrogen) atoms. The van der Waals surface area contributed by atoms with Gasteiger partial charge in [0.2, 0.25) is 5.91 Å². The van der Waals surface area contributed by atoms with E-state index in [0.717, 1.165) is 17.0 Å². The fraction of sp³-hybridized carbons (Fsp3) is 0.233. The lowest BCUT2D eigenvalue weighted by Gasteiger charge is -2.34. The maximum absolute atomic E-state index is 14.6. The molecule has 18 nitrogen and oxygen atoms in total. The van der Waals surface area contributed by atoms with Crippen LogP contribution in [0.2, 0.25) is 5.02 Å².